The highest BCUT2D eigenvalue weighted by molar-refractivity contribution is 6.20. The number of nitrogens with zero attached hydrogens (tertiary/aromatic N) is 2. The van der Waals surface area contributed by atoms with Gasteiger partial charge in [-0.1, -0.05) is 30.3 Å². The van der Waals surface area contributed by atoms with Gasteiger partial charge >= 0.3 is 0 Å². The van der Waals surface area contributed by atoms with Crippen LogP contribution in [0.4, 0.5) is 5.69 Å². The first-order valence-electron chi connectivity index (χ1n) is 5.88. The molecule has 1 aromatic carbocycles. The van der Waals surface area contributed by atoms with E-state index in [-0.39, 0.29) is 11.1 Å². The van der Waals surface area contributed by atoms with E-state index in [0.717, 1.165) is 11.3 Å². The molecule has 1 atom stereocenters. The Bertz CT molecular complexity index is 587. The lowest BCUT2D eigenvalue weighted by Crippen LogP contribution is -2.01. The highest BCUT2D eigenvalue weighted by atomic mass is 35.5. The molecule has 0 fully saturated rings. The molecular formula is C14H13ClN2O2. The van der Waals surface area contributed by atoms with Crippen molar-refractivity contribution in [3.05, 3.63) is 69.5 Å². The Hall–Kier alpha value is -1.94. The summed E-state index contributed by atoms with van der Waals surface area (Å²) < 4.78 is 0. The molecule has 19 heavy (non-hydrogen) atoms. The normalized spacial score (nSPS) is 12.1. The summed E-state index contributed by atoms with van der Waals surface area (Å²) in [5.41, 5.74) is 2.22. The Morgan fingerprint density at radius 1 is 1.26 bits per heavy atom. The van der Waals surface area contributed by atoms with E-state index in [1.807, 2.05) is 30.3 Å². The van der Waals surface area contributed by atoms with Crippen molar-refractivity contribution in [2.75, 3.05) is 0 Å². The van der Waals surface area contributed by atoms with Crippen molar-refractivity contribution in [1.82, 2.24) is 4.98 Å². The SMILES string of the molecule is Cc1nc(CC(Cl)c2ccccc2)ccc1[N+](=O)[O-]. The van der Waals surface area contributed by atoms with Crippen LogP contribution in [0.2, 0.25) is 0 Å². The second kappa shape index (κ2) is 5.80. The molecule has 1 heterocycles. The van der Waals surface area contributed by atoms with E-state index in [1.165, 1.54) is 6.07 Å². The highest BCUT2D eigenvalue weighted by Crippen LogP contribution is 2.25. The first kappa shape index (κ1) is 13.5. The molecule has 0 radical (unpaired) electrons. The van der Waals surface area contributed by atoms with E-state index in [9.17, 15) is 10.1 Å². The lowest BCUT2D eigenvalue weighted by atomic mass is 10.1. The maximum Gasteiger partial charge on any atom is 0.290 e. The summed E-state index contributed by atoms with van der Waals surface area (Å²) in [6.45, 7) is 1.63. The number of halogens is 1. The first-order valence-corrected chi connectivity index (χ1v) is 6.31. The minimum absolute atomic E-state index is 0.0367. The number of rotatable bonds is 4. The largest absolute Gasteiger partial charge is 0.290 e. The van der Waals surface area contributed by atoms with Crippen LogP contribution < -0.4 is 0 Å². The summed E-state index contributed by atoms with van der Waals surface area (Å²) in [5, 5.41) is 10.5. The van der Waals surface area contributed by atoms with Crippen molar-refractivity contribution in [2.24, 2.45) is 0 Å². The molecule has 0 saturated carbocycles. The van der Waals surface area contributed by atoms with Gasteiger partial charge in [0.05, 0.1) is 10.3 Å². The van der Waals surface area contributed by atoms with Gasteiger partial charge in [-0.25, -0.2) is 0 Å². The quantitative estimate of drug-likeness (QED) is 0.484. The summed E-state index contributed by atoms with van der Waals surface area (Å²) in [5.74, 6) is 0. The van der Waals surface area contributed by atoms with Crippen LogP contribution in [-0.4, -0.2) is 9.91 Å². The van der Waals surface area contributed by atoms with E-state index in [2.05, 4.69) is 4.98 Å². The molecule has 0 aliphatic heterocycles. The molecule has 1 aromatic heterocycles. The van der Waals surface area contributed by atoms with Gasteiger partial charge in [-0.2, -0.15) is 0 Å². The van der Waals surface area contributed by atoms with Crippen molar-refractivity contribution in [3.63, 3.8) is 0 Å². The minimum atomic E-state index is -0.429. The van der Waals surface area contributed by atoms with Crippen molar-refractivity contribution >= 4 is 17.3 Å². The van der Waals surface area contributed by atoms with Gasteiger partial charge in [0, 0.05) is 18.2 Å². The fourth-order valence-electron chi connectivity index (χ4n) is 1.88. The van der Waals surface area contributed by atoms with Crippen LogP contribution in [0.15, 0.2) is 42.5 Å². The monoisotopic (exact) mass is 276 g/mol. The lowest BCUT2D eigenvalue weighted by molar-refractivity contribution is -0.385. The summed E-state index contributed by atoms with van der Waals surface area (Å²) in [7, 11) is 0. The zero-order valence-corrected chi connectivity index (χ0v) is 11.2. The number of benzene rings is 1. The highest BCUT2D eigenvalue weighted by Gasteiger charge is 2.14. The molecule has 0 aliphatic rings. The number of aromatic nitrogens is 1. The molecule has 0 amide bonds. The Morgan fingerprint density at radius 3 is 2.53 bits per heavy atom. The van der Waals surface area contributed by atoms with Crippen molar-refractivity contribution < 1.29 is 4.92 Å². The van der Waals surface area contributed by atoms with Crippen LogP contribution in [-0.2, 0) is 6.42 Å². The third kappa shape index (κ3) is 3.29. The average Bonchev–Trinajstić information content (AvgIpc) is 2.39. The zero-order chi connectivity index (χ0) is 13.8. The molecule has 1 unspecified atom stereocenters. The second-order valence-electron chi connectivity index (χ2n) is 4.25. The maximum atomic E-state index is 10.7. The van der Waals surface area contributed by atoms with Crippen molar-refractivity contribution in [3.8, 4) is 0 Å². The van der Waals surface area contributed by atoms with Crippen molar-refractivity contribution in [1.29, 1.82) is 0 Å². The van der Waals surface area contributed by atoms with E-state index >= 15 is 0 Å². The number of hydrogen-bond acceptors (Lipinski definition) is 3. The van der Waals surface area contributed by atoms with E-state index < -0.39 is 4.92 Å². The lowest BCUT2D eigenvalue weighted by Gasteiger charge is -2.09. The maximum absolute atomic E-state index is 10.7. The van der Waals surface area contributed by atoms with Crippen LogP contribution in [0.25, 0.3) is 0 Å². The van der Waals surface area contributed by atoms with Crippen LogP contribution in [0.5, 0.6) is 0 Å². The third-order valence-electron chi connectivity index (χ3n) is 2.86. The van der Waals surface area contributed by atoms with Gasteiger partial charge in [-0.15, -0.1) is 11.6 Å². The number of nitro groups is 1. The second-order valence-corrected chi connectivity index (χ2v) is 4.77. The van der Waals surface area contributed by atoms with Gasteiger partial charge in [-0.05, 0) is 18.6 Å². The van der Waals surface area contributed by atoms with Gasteiger partial charge in [0.2, 0.25) is 0 Å². The predicted octanol–water partition coefficient (Wildman–Crippen LogP) is 3.82. The molecule has 98 valence electrons. The average molecular weight is 277 g/mol. The summed E-state index contributed by atoms with van der Waals surface area (Å²) in [6.07, 6.45) is 0.546. The standard InChI is InChI=1S/C14H13ClN2O2/c1-10-14(17(18)19)8-7-12(16-10)9-13(15)11-5-3-2-4-6-11/h2-8,13H,9H2,1H3. The van der Waals surface area contributed by atoms with Crippen LogP contribution >= 0.6 is 11.6 Å². The topological polar surface area (TPSA) is 56.0 Å². The molecule has 2 aromatic rings. The Kier molecular flexibility index (Phi) is 4.12. The molecule has 0 N–H and O–H groups in total. The zero-order valence-electron chi connectivity index (χ0n) is 10.4. The van der Waals surface area contributed by atoms with Crippen molar-refractivity contribution in [2.45, 2.75) is 18.7 Å². The molecule has 0 aliphatic carbocycles. The van der Waals surface area contributed by atoms with E-state index in [1.54, 1.807) is 13.0 Å². The fourth-order valence-corrected chi connectivity index (χ4v) is 2.18. The van der Waals surface area contributed by atoms with Gasteiger partial charge in [-0.3, -0.25) is 15.1 Å². The Labute approximate surface area is 116 Å². The number of alkyl halides is 1. The molecule has 2 rings (SSSR count). The van der Waals surface area contributed by atoms with Gasteiger partial charge < -0.3 is 0 Å². The number of pyridine rings is 1. The van der Waals surface area contributed by atoms with Crippen LogP contribution in [0, 0.1) is 17.0 Å². The van der Waals surface area contributed by atoms with Crippen LogP contribution in [0.3, 0.4) is 0 Å². The summed E-state index contributed by atoms with van der Waals surface area (Å²) in [6, 6.07) is 12.8. The van der Waals surface area contributed by atoms with Gasteiger partial charge in [0.25, 0.3) is 5.69 Å². The summed E-state index contributed by atoms with van der Waals surface area (Å²) in [4.78, 5) is 14.5. The Balaban J connectivity index is 2.16. The molecule has 0 spiro atoms. The molecule has 0 bridgehead atoms. The predicted molar refractivity (Wildman–Crippen MR) is 74.4 cm³/mol. The van der Waals surface area contributed by atoms with Gasteiger partial charge in [0.15, 0.2) is 0 Å². The molecule has 4 nitrogen and oxygen atoms in total. The third-order valence-corrected chi connectivity index (χ3v) is 3.27. The first-order chi connectivity index (χ1) is 9.08. The van der Waals surface area contributed by atoms with E-state index in [4.69, 9.17) is 11.6 Å². The number of aryl methyl sites for hydroxylation is 1. The minimum Gasteiger partial charge on any atom is -0.258 e. The fraction of sp³-hybridized carbons (Fsp3) is 0.214. The van der Waals surface area contributed by atoms with Gasteiger partial charge in [0.1, 0.15) is 5.69 Å². The molecular weight excluding hydrogens is 264 g/mol. The van der Waals surface area contributed by atoms with E-state index in [0.29, 0.717) is 12.1 Å². The smallest absolute Gasteiger partial charge is 0.258 e. The summed E-state index contributed by atoms with van der Waals surface area (Å²) >= 11 is 6.32. The van der Waals surface area contributed by atoms with Crippen LogP contribution in [0.1, 0.15) is 22.3 Å². The Morgan fingerprint density at radius 2 is 1.95 bits per heavy atom. The number of hydrogen-bond donors (Lipinski definition) is 0. The molecule has 5 heteroatoms. The molecule has 0 saturated heterocycles.